The minimum atomic E-state index is -0.130. The molecule has 2 saturated carbocycles. The molecule has 16 heavy (non-hydrogen) atoms. The van der Waals surface area contributed by atoms with Crippen molar-refractivity contribution in [2.75, 3.05) is 7.11 Å². The first-order valence-corrected chi connectivity index (χ1v) is 6.45. The molecule has 0 aromatic carbocycles. The molecule has 2 rings (SSSR count). The Balaban J connectivity index is 1.93. The summed E-state index contributed by atoms with van der Waals surface area (Å²) in [5.41, 5.74) is 0. The summed E-state index contributed by atoms with van der Waals surface area (Å²) < 4.78 is 4.86. The van der Waals surface area contributed by atoms with E-state index in [1.54, 1.807) is 0 Å². The second-order valence-corrected chi connectivity index (χ2v) is 5.69. The lowest BCUT2D eigenvalue weighted by Gasteiger charge is -2.29. The molecule has 0 aromatic rings. The highest BCUT2D eigenvalue weighted by Crippen LogP contribution is 2.44. The van der Waals surface area contributed by atoms with Gasteiger partial charge in [0.15, 0.2) is 0 Å². The van der Waals surface area contributed by atoms with Crippen LogP contribution < -0.4 is 5.32 Å². The molecule has 2 bridgehead atoms. The second-order valence-electron chi connectivity index (χ2n) is 5.69. The number of carbonyl (C=O) groups is 1. The first-order valence-electron chi connectivity index (χ1n) is 6.45. The number of ether oxygens (including phenoxy) is 1. The molecule has 0 aliphatic heterocycles. The number of rotatable bonds is 4. The van der Waals surface area contributed by atoms with Crippen molar-refractivity contribution in [3.8, 4) is 0 Å². The van der Waals surface area contributed by atoms with Gasteiger partial charge in [0.2, 0.25) is 0 Å². The van der Waals surface area contributed by atoms with Crippen molar-refractivity contribution in [2.24, 2.45) is 17.8 Å². The summed E-state index contributed by atoms with van der Waals surface area (Å²) in [6.07, 6.45) is 5.36. The van der Waals surface area contributed by atoms with Gasteiger partial charge in [-0.15, -0.1) is 0 Å². The summed E-state index contributed by atoms with van der Waals surface area (Å²) in [7, 11) is 1.47. The third-order valence-corrected chi connectivity index (χ3v) is 4.25. The van der Waals surface area contributed by atoms with Crippen LogP contribution in [-0.4, -0.2) is 25.2 Å². The van der Waals surface area contributed by atoms with Crippen LogP contribution >= 0.6 is 0 Å². The monoisotopic (exact) mass is 225 g/mol. The Morgan fingerprint density at radius 3 is 2.50 bits per heavy atom. The zero-order valence-electron chi connectivity index (χ0n) is 10.5. The van der Waals surface area contributed by atoms with Crippen molar-refractivity contribution in [1.82, 2.24) is 5.32 Å². The molecule has 2 aliphatic rings. The Hall–Kier alpha value is -0.570. The van der Waals surface area contributed by atoms with Crippen LogP contribution in [0.15, 0.2) is 0 Å². The Kier molecular flexibility index (Phi) is 3.53. The van der Waals surface area contributed by atoms with E-state index in [-0.39, 0.29) is 12.0 Å². The van der Waals surface area contributed by atoms with E-state index in [1.807, 2.05) is 0 Å². The maximum Gasteiger partial charge on any atom is 0.323 e. The van der Waals surface area contributed by atoms with Crippen molar-refractivity contribution in [3.63, 3.8) is 0 Å². The number of methoxy groups -OCH3 is 1. The van der Waals surface area contributed by atoms with Gasteiger partial charge in [-0.3, -0.25) is 4.79 Å². The highest BCUT2D eigenvalue weighted by atomic mass is 16.5. The standard InChI is InChI=1S/C13H23NO2/c1-8(2)12(13(15)16-3)14-11-7-9-4-5-10(11)6-9/h8-12,14H,4-7H2,1-3H3/t9?,10?,11?,12-/m0/s1. The van der Waals surface area contributed by atoms with Crippen LogP contribution in [0.1, 0.15) is 39.5 Å². The average molecular weight is 225 g/mol. The second kappa shape index (κ2) is 4.74. The van der Waals surface area contributed by atoms with Crippen LogP contribution in [0.3, 0.4) is 0 Å². The number of carbonyl (C=O) groups excluding carboxylic acids is 1. The molecule has 2 fully saturated rings. The van der Waals surface area contributed by atoms with Gasteiger partial charge in [0, 0.05) is 6.04 Å². The molecule has 3 nitrogen and oxygen atoms in total. The van der Waals surface area contributed by atoms with Crippen molar-refractivity contribution in [3.05, 3.63) is 0 Å². The van der Waals surface area contributed by atoms with Crippen LogP contribution in [0.5, 0.6) is 0 Å². The minimum absolute atomic E-state index is 0.113. The molecular weight excluding hydrogens is 202 g/mol. The summed E-state index contributed by atoms with van der Waals surface area (Å²) in [4.78, 5) is 11.7. The molecular formula is C13H23NO2. The van der Waals surface area contributed by atoms with Gasteiger partial charge in [0.1, 0.15) is 6.04 Å². The zero-order chi connectivity index (χ0) is 11.7. The molecule has 0 saturated heterocycles. The fourth-order valence-electron chi connectivity index (χ4n) is 3.34. The van der Waals surface area contributed by atoms with E-state index in [4.69, 9.17) is 4.74 Å². The predicted molar refractivity (Wildman–Crippen MR) is 63.0 cm³/mol. The van der Waals surface area contributed by atoms with E-state index in [0.29, 0.717) is 12.0 Å². The third-order valence-electron chi connectivity index (χ3n) is 4.25. The van der Waals surface area contributed by atoms with Crippen LogP contribution in [0, 0.1) is 17.8 Å². The number of hydrogen-bond donors (Lipinski definition) is 1. The van der Waals surface area contributed by atoms with E-state index < -0.39 is 0 Å². The maximum atomic E-state index is 11.7. The molecule has 0 heterocycles. The molecule has 0 spiro atoms. The zero-order valence-corrected chi connectivity index (χ0v) is 10.5. The Morgan fingerprint density at radius 1 is 1.31 bits per heavy atom. The van der Waals surface area contributed by atoms with Crippen LogP contribution in [0.25, 0.3) is 0 Å². The fourth-order valence-corrected chi connectivity index (χ4v) is 3.34. The van der Waals surface area contributed by atoms with E-state index in [0.717, 1.165) is 11.8 Å². The summed E-state index contributed by atoms with van der Waals surface area (Å²) in [5, 5.41) is 3.52. The number of fused-ring (bicyclic) bond motifs is 2. The molecule has 0 radical (unpaired) electrons. The molecule has 0 amide bonds. The highest BCUT2D eigenvalue weighted by Gasteiger charge is 2.41. The van der Waals surface area contributed by atoms with Crippen molar-refractivity contribution >= 4 is 5.97 Å². The first-order chi connectivity index (χ1) is 7.61. The van der Waals surface area contributed by atoms with E-state index in [1.165, 1.54) is 32.8 Å². The minimum Gasteiger partial charge on any atom is -0.468 e. The summed E-state index contributed by atoms with van der Waals surface area (Å²) in [6.45, 7) is 4.14. The average Bonchev–Trinajstić information content (AvgIpc) is 2.86. The Bertz CT molecular complexity index is 265. The molecule has 4 atom stereocenters. The summed E-state index contributed by atoms with van der Waals surface area (Å²) >= 11 is 0. The van der Waals surface area contributed by atoms with Crippen LogP contribution in [0.2, 0.25) is 0 Å². The smallest absolute Gasteiger partial charge is 0.323 e. The van der Waals surface area contributed by atoms with Gasteiger partial charge in [-0.05, 0) is 37.0 Å². The lowest BCUT2D eigenvalue weighted by molar-refractivity contribution is -0.144. The molecule has 2 aliphatic carbocycles. The molecule has 92 valence electrons. The number of hydrogen-bond acceptors (Lipinski definition) is 3. The van der Waals surface area contributed by atoms with Gasteiger partial charge in [0.05, 0.1) is 7.11 Å². The third kappa shape index (κ3) is 2.24. The molecule has 1 N–H and O–H groups in total. The Labute approximate surface area is 97.9 Å². The van der Waals surface area contributed by atoms with Crippen molar-refractivity contribution in [1.29, 1.82) is 0 Å². The summed E-state index contributed by atoms with van der Waals surface area (Å²) in [5.74, 6) is 1.90. The van der Waals surface area contributed by atoms with Crippen LogP contribution in [0.4, 0.5) is 0 Å². The lowest BCUT2D eigenvalue weighted by atomic mass is 9.93. The SMILES string of the molecule is COC(=O)[C@@H](NC1CC2CCC1C2)C(C)C. The molecule has 3 heteroatoms. The van der Waals surface area contributed by atoms with Gasteiger partial charge in [0.25, 0.3) is 0 Å². The summed E-state index contributed by atoms with van der Waals surface area (Å²) in [6, 6.07) is 0.416. The van der Waals surface area contributed by atoms with Gasteiger partial charge >= 0.3 is 5.97 Å². The lowest BCUT2D eigenvalue weighted by Crippen LogP contribution is -2.48. The van der Waals surface area contributed by atoms with E-state index in [2.05, 4.69) is 19.2 Å². The molecule has 0 aromatic heterocycles. The number of nitrogens with one attached hydrogen (secondary N) is 1. The fraction of sp³-hybridized carbons (Fsp3) is 0.923. The van der Waals surface area contributed by atoms with Crippen LogP contribution in [-0.2, 0) is 9.53 Å². The van der Waals surface area contributed by atoms with Gasteiger partial charge in [-0.25, -0.2) is 0 Å². The van der Waals surface area contributed by atoms with Gasteiger partial charge in [-0.1, -0.05) is 20.3 Å². The van der Waals surface area contributed by atoms with E-state index in [9.17, 15) is 4.79 Å². The number of esters is 1. The Morgan fingerprint density at radius 2 is 2.06 bits per heavy atom. The topological polar surface area (TPSA) is 38.3 Å². The highest BCUT2D eigenvalue weighted by molar-refractivity contribution is 5.76. The molecule has 3 unspecified atom stereocenters. The predicted octanol–water partition coefficient (Wildman–Crippen LogP) is 1.96. The normalized spacial score (nSPS) is 34.4. The first kappa shape index (κ1) is 11.9. The van der Waals surface area contributed by atoms with E-state index >= 15 is 0 Å². The quantitative estimate of drug-likeness (QED) is 0.743. The maximum absolute atomic E-state index is 11.7. The van der Waals surface area contributed by atoms with Crippen molar-refractivity contribution < 1.29 is 9.53 Å². The van der Waals surface area contributed by atoms with Gasteiger partial charge in [-0.2, -0.15) is 0 Å². The largest absolute Gasteiger partial charge is 0.468 e. The van der Waals surface area contributed by atoms with Gasteiger partial charge < -0.3 is 10.1 Å². The van der Waals surface area contributed by atoms with Crippen molar-refractivity contribution in [2.45, 2.75) is 51.6 Å².